The molecule has 3 nitrogen and oxygen atoms in total. The van der Waals surface area contributed by atoms with Crippen LogP contribution in [0.15, 0.2) is 24.5 Å². The maximum absolute atomic E-state index is 4.12. The third kappa shape index (κ3) is 3.34. The molecule has 0 aliphatic carbocycles. The van der Waals surface area contributed by atoms with Gasteiger partial charge in [0, 0.05) is 43.6 Å². The van der Waals surface area contributed by atoms with Gasteiger partial charge in [0.2, 0.25) is 0 Å². The maximum Gasteiger partial charge on any atom is 0.0325 e. The number of hydrogen-bond acceptors (Lipinski definition) is 3. The topological polar surface area (TPSA) is 28.2 Å². The van der Waals surface area contributed by atoms with Crippen molar-refractivity contribution < 1.29 is 0 Å². The Morgan fingerprint density at radius 3 is 2.68 bits per heavy atom. The summed E-state index contributed by atoms with van der Waals surface area (Å²) in [6, 6.07) is 5.94. The average molecular weight is 261 g/mol. The molecule has 4 atom stereocenters. The van der Waals surface area contributed by atoms with Crippen LogP contribution in [0, 0.1) is 5.92 Å². The Morgan fingerprint density at radius 2 is 2.05 bits per heavy atom. The van der Waals surface area contributed by atoms with Crippen molar-refractivity contribution in [3.63, 3.8) is 0 Å². The van der Waals surface area contributed by atoms with Gasteiger partial charge in [0.1, 0.15) is 0 Å². The van der Waals surface area contributed by atoms with Gasteiger partial charge in [-0.1, -0.05) is 20.3 Å². The fraction of sp³-hybridized carbons (Fsp3) is 0.688. The van der Waals surface area contributed by atoms with E-state index in [4.69, 9.17) is 0 Å². The molecule has 4 unspecified atom stereocenters. The summed E-state index contributed by atoms with van der Waals surface area (Å²) in [5.74, 6) is 0.736. The lowest BCUT2D eigenvalue weighted by Crippen LogP contribution is -2.57. The number of rotatable bonds is 4. The molecule has 1 N–H and O–H groups in total. The first-order chi connectivity index (χ1) is 9.13. The van der Waals surface area contributed by atoms with Crippen LogP contribution in [0.4, 0.5) is 0 Å². The van der Waals surface area contributed by atoms with Crippen LogP contribution >= 0.6 is 0 Å². The maximum atomic E-state index is 4.12. The highest BCUT2D eigenvalue weighted by molar-refractivity contribution is 5.15. The van der Waals surface area contributed by atoms with Crippen molar-refractivity contribution in [3.05, 3.63) is 30.1 Å². The van der Waals surface area contributed by atoms with Gasteiger partial charge in [0.25, 0.3) is 0 Å². The van der Waals surface area contributed by atoms with Crippen molar-refractivity contribution in [2.45, 2.75) is 52.2 Å². The third-order valence-corrected chi connectivity index (χ3v) is 4.67. The van der Waals surface area contributed by atoms with Crippen LogP contribution in [0.1, 0.15) is 45.7 Å². The number of aromatic nitrogens is 1. The Kier molecular flexibility index (Phi) is 4.94. The summed E-state index contributed by atoms with van der Waals surface area (Å²) in [7, 11) is 0. The zero-order chi connectivity index (χ0) is 13.8. The third-order valence-electron chi connectivity index (χ3n) is 4.67. The van der Waals surface area contributed by atoms with Crippen LogP contribution in [0.3, 0.4) is 0 Å². The van der Waals surface area contributed by atoms with Crippen molar-refractivity contribution in [3.8, 4) is 0 Å². The molecule has 2 heterocycles. The lowest BCUT2D eigenvalue weighted by atomic mass is 9.94. The predicted molar refractivity (Wildman–Crippen MR) is 80.1 cm³/mol. The molecule has 0 saturated carbocycles. The molecule has 1 fully saturated rings. The van der Waals surface area contributed by atoms with Crippen LogP contribution < -0.4 is 5.32 Å². The first kappa shape index (κ1) is 14.5. The zero-order valence-corrected chi connectivity index (χ0v) is 12.6. The lowest BCUT2D eigenvalue weighted by Gasteiger charge is -2.44. The second-order valence-electron chi connectivity index (χ2n) is 5.90. The molecule has 0 radical (unpaired) electrons. The van der Waals surface area contributed by atoms with Crippen molar-refractivity contribution in [1.82, 2.24) is 15.2 Å². The summed E-state index contributed by atoms with van der Waals surface area (Å²) >= 11 is 0. The molecule has 1 saturated heterocycles. The normalized spacial score (nSPS) is 28.0. The second kappa shape index (κ2) is 6.49. The van der Waals surface area contributed by atoms with Crippen molar-refractivity contribution in [2.24, 2.45) is 5.92 Å². The minimum Gasteiger partial charge on any atom is -0.311 e. The smallest absolute Gasteiger partial charge is 0.0325 e. The minimum atomic E-state index is 0.464. The van der Waals surface area contributed by atoms with Gasteiger partial charge in [-0.2, -0.15) is 0 Å². The van der Waals surface area contributed by atoms with E-state index >= 15 is 0 Å². The van der Waals surface area contributed by atoms with Crippen molar-refractivity contribution in [2.75, 3.05) is 13.1 Å². The largest absolute Gasteiger partial charge is 0.311 e. The first-order valence-corrected chi connectivity index (χ1v) is 7.52. The molecule has 1 aromatic heterocycles. The predicted octanol–water partition coefficient (Wildman–Crippen LogP) is 2.85. The van der Waals surface area contributed by atoms with Gasteiger partial charge in [0.05, 0.1) is 0 Å². The number of hydrogen-bond donors (Lipinski definition) is 1. The van der Waals surface area contributed by atoms with E-state index in [1.54, 1.807) is 0 Å². The van der Waals surface area contributed by atoms with E-state index in [1.165, 1.54) is 12.0 Å². The van der Waals surface area contributed by atoms with Gasteiger partial charge in [-0.3, -0.25) is 9.88 Å². The first-order valence-electron chi connectivity index (χ1n) is 7.52. The Balaban J connectivity index is 2.08. The summed E-state index contributed by atoms with van der Waals surface area (Å²) < 4.78 is 0. The second-order valence-corrected chi connectivity index (χ2v) is 5.90. The van der Waals surface area contributed by atoms with Gasteiger partial charge < -0.3 is 5.32 Å². The standard InChI is InChI=1S/C16H27N3/c1-5-12(2)16-11-19(13(3)10-18-16)14(4)15-6-8-17-9-7-15/h6-9,12-14,16,18H,5,10-11H2,1-4H3. The summed E-state index contributed by atoms with van der Waals surface area (Å²) in [5, 5.41) is 3.70. The average Bonchev–Trinajstić information content (AvgIpc) is 2.47. The quantitative estimate of drug-likeness (QED) is 0.903. The van der Waals surface area contributed by atoms with E-state index in [0.717, 1.165) is 19.0 Å². The van der Waals surface area contributed by atoms with E-state index < -0.39 is 0 Å². The Hall–Kier alpha value is -0.930. The summed E-state index contributed by atoms with van der Waals surface area (Å²) in [6.07, 6.45) is 5.03. The molecule has 0 amide bonds. The van der Waals surface area contributed by atoms with Crippen LogP contribution in [-0.2, 0) is 0 Å². The van der Waals surface area contributed by atoms with Crippen LogP contribution in [0.2, 0.25) is 0 Å². The molecule has 1 aliphatic heterocycles. The highest BCUT2D eigenvalue weighted by Crippen LogP contribution is 2.25. The molecule has 0 spiro atoms. The summed E-state index contributed by atoms with van der Waals surface area (Å²) in [4.78, 5) is 6.75. The van der Waals surface area contributed by atoms with Gasteiger partial charge in [-0.25, -0.2) is 0 Å². The number of piperazine rings is 1. The Morgan fingerprint density at radius 1 is 1.37 bits per heavy atom. The van der Waals surface area contributed by atoms with Crippen LogP contribution in [0.25, 0.3) is 0 Å². The molecule has 0 bridgehead atoms. The molecule has 1 aliphatic rings. The van der Waals surface area contributed by atoms with Crippen LogP contribution in [0.5, 0.6) is 0 Å². The van der Waals surface area contributed by atoms with E-state index in [2.05, 4.69) is 55.0 Å². The molecule has 0 aromatic carbocycles. The Bertz CT molecular complexity index is 379. The Labute approximate surface area is 117 Å². The van der Waals surface area contributed by atoms with Crippen molar-refractivity contribution >= 4 is 0 Å². The molecule has 106 valence electrons. The number of nitrogens with zero attached hydrogens (tertiary/aromatic N) is 2. The molecular formula is C16H27N3. The van der Waals surface area contributed by atoms with Crippen molar-refractivity contribution in [1.29, 1.82) is 0 Å². The molecule has 2 rings (SSSR count). The van der Waals surface area contributed by atoms with E-state index in [1.807, 2.05) is 12.4 Å². The highest BCUT2D eigenvalue weighted by atomic mass is 15.2. The van der Waals surface area contributed by atoms with Gasteiger partial charge >= 0.3 is 0 Å². The monoisotopic (exact) mass is 261 g/mol. The van der Waals surface area contributed by atoms with E-state index in [0.29, 0.717) is 18.1 Å². The summed E-state index contributed by atoms with van der Waals surface area (Å²) in [6.45, 7) is 11.5. The van der Waals surface area contributed by atoms with Gasteiger partial charge in [-0.05, 0) is 37.5 Å². The molecule has 1 aromatic rings. The molecule has 19 heavy (non-hydrogen) atoms. The number of pyridine rings is 1. The summed E-state index contributed by atoms with van der Waals surface area (Å²) in [5.41, 5.74) is 1.37. The minimum absolute atomic E-state index is 0.464. The molecule has 3 heteroatoms. The van der Waals surface area contributed by atoms with Crippen LogP contribution in [-0.4, -0.2) is 35.1 Å². The van der Waals surface area contributed by atoms with Gasteiger partial charge in [0.15, 0.2) is 0 Å². The molecular weight excluding hydrogens is 234 g/mol. The SMILES string of the molecule is CCC(C)C1CN(C(C)c2ccncc2)C(C)CN1. The fourth-order valence-electron chi connectivity index (χ4n) is 2.95. The highest BCUT2D eigenvalue weighted by Gasteiger charge is 2.30. The zero-order valence-electron chi connectivity index (χ0n) is 12.6. The van der Waals surface area contributed by atoms with E-state index in [-0.39, 0.29) is 0 Å². The number of nitrogens with one attached hydrogen (secondary N) is 1. The van der Waals surface area contributed by atoms with E-state index in [9.17, 15) is 0 Å². The lowest BCUT2D eigenvalue weighted by molar-refractivity contribution is 0.0818. The van der Waals surface area contributed by atoms with Gasteiger partial charge in [-0.15, -0.1) is 0 Å². The fourth-order valence-corrected chi connectivity index (χ4v) is 2.95.